The third-order valence-electron chi connectivity index (χ3n) is 8.44. The fourth-order valence-electron chi connectivity index (χ4n) is 6.75. The van der Waals surface area contributed by atoms with Crippen molar-refractivity contribution in [3.8, 4) is 0 Å². The minimum absolute atomic E-state index is 0.105. The minimum atomic E-state index is -1.11. The molecule has 40 heavy (non-hydrogen) atoms. The van der Waals surface area contributed by atoms with Gasteiger partial charge >= 0.3 is 0 Å². The highest BCUT2D eigenvalue weighted by Crippen LogP contribution is 2.60. The van der Waals surface area contributed by atoms with Gasteiger partial charge in [-0.3, -0.25) is 14.4 Å². The molecule has 6 atom stereocenters. The van der Waals surface area contributed by atoms with E-state index in [1.165, 1.54) is 0 Å². The molecule has 0 radical (unpaired) electrons. The molecule has 3 fully saturated rings. The number of hydrogen-bond donors (Lipinski definition) is 1. The second-order valence-electron chi connectivity index (χ2n) is 11.0. The van der Waals surface area contributed by atoms with Gasteiger partial charge in [0.2, 0.25) is 17.7 Å². The highest BCUT2D eigenvalue weighted by atomic mass is 79.9. The number of halogens is 1. The van der Waals surface area contributed by atoms with Crippen LogP contribution in [0, 0.1) is 11.8 Å². The van der Waals surface area contributed by atoms with Gasteiger partial charge in [-0.2, -0.15) is 0 Å². The van der Waals surface area contributed by atoms with Crippen LogP contribution in [0.5, 0.6) is 0 Å². The first-order valence-corrected chi connectivity index (χ1v) is 15.3. The molecule has 1 N–H and O–H groups in total. The van der Waals surface area contributed by atoms with Crippen LogP contribution in [0.25, 0.3) is 0 Å². The Labute approximate surface area is 246 Å². The smallest absolute Gasteiger partial charge is 0.248 e. The summed E-state index contributed by atoms with van der Waals surface area (Å²) in [5.41, 5.74) is -0.131. The number of aliphatic hydroxyl groups excluding tert-OH is 1. The zero-order valence-electron chi connectivity index (χ0n) is 23.4. The molecule has 9 heteroatoms. The van der Waals surface area contributed by atoms with Crippen molar-refractivity contribution in [2.24, 2.45) is 11.8 Å². The van der Waals surface area contributed by atoms with Crippen LogP contribution in [0.15, 0.2) is 55.6 Å². The Morgan fingerprint density at radius 1 is 1.12 bits per heavy atom. The fourth-order valence-corrected chi connectivity index (χ4v) is 7.69. The number of rotatable bonds is 15. The lowest BCUT2D eigenvalue weighted by Gasteiger charge is -2.37. The molecule has 3 saturated heterocycles. The number of nitrogens with zero attached hydrogens (tertiary/aromatic N) is 3. The monoisotopic (exact) mass is 615 g/mol. The van der Waals surface area contributed by atoms with Crippen LogP contribution in [0.4, 0.5) is 0 Å². The molecule has 1 aromatic rings. The van der Waals surface area contributed by atoms with Crippen molar-refractivity contribution in [2.75, 3.05) is 32.8 Å². The molecule has 218 valence electrons. The molecular formula is C31H42BrN3O5. The maximum atomic E-state index is 14.3. The minimum Gasteiger partial charge on any atom is -0.396 e. The summed E-state index contributed by atoms with van der Waals surface area (Å²) in [6.07, 6.45) is 6.54. The van der Waals surface area contributed by atoms with Crippen molar-refractivity contribution in [1.82, 2.24) is 14.7 Å². The predicted molar refractivity (Wildman–Crippen MR) is 157 cm³/mol. The predicted octanol–water partition coefficient (Wildman–Crippen LogP) is 3.54. The van der Waals surface area contributed by atoms with Crippen molar-refractivity contribution >= 4 is 33.7 Å². The Kier molecular flexibility index (Phi) is 10.2. The van der Waals surface area contributed by atoms with Crippen LogP contribution in [0.2, 0.25) is 0 Å². The normalized spacial score (nSPS) is 28.4. The summed E-state index contributed by atoms with van der Waals surface area (Å²) in [6, 6.07) is 8.87. The summed E-state index contributed by atoms with van der Waals surface area (Å²) >= 11 is 3.75. The number of ether oxygens (including phenoxy) is 1. The van der Waals surface area contributed by atoms with Crippen LogP contribution < -0.4 is 0 Å². The average Bonchev–Trinajstić information content (AvgIpc) is 3.54. The second-order valence-corrected chi connectivity index (χ2v) is 12.2. The number of unbranched alkanes of at least 4 members (excludes halogenated alkanes) is 2. The lowest BCUT2D eigenvalue weighted by molar-refractivity contribution is -0.149. The standard InChI is InChI=1S/C31H42BrN3O5/c1-4-7-11-17-33(15-5-2)30(39)27-31-20-23(32)26(40-31)24(25(31)29(38)35(27)18-12-19-36)28(37)34(16-6-3)21-22-13-9-8-10-14-22/h5-6,8-10,13-14,23-27,36H,2-4,7,11-12,15-21H2,1H3/t23?,24-,25-,26-,27?,31?/m0/s1. The van der Waals surface area contributed by atoms with E-state index in [4.69, 9.17) is 4.74 Å². The van der Waals surface area contributed by atoms with E-state index in [0.29, 0.717) is 39.0 Å². The molecule has 0 saturated carbocycles. The third-order valence-corrected chi connectivity index (χ3v) is 9.28. The second kappa shape index (κ2) is 13.4. The van der Waals surface area contributed by atoms with E-state index < -0.39 is 29.6 Å². The number of amides is 3. The van der Waals surface area contributed by atoms with Crippen molar-refractivity contribution in [3.63, 3.8) is 0 Å². The lowest BCUT2D eigenvalue weighted by atomic mass is 9.70. The van der Waals surface area contributed by atoms with Gasteiger partial charge in [0.05, 0.1) is 17.9 Å². The number of alkyl halides is 1. The summed E-state index contributed by atoms with van der Waals surface area (Å²) in [7, 11) is 0. The summed E-state index contributed by atoms with van der Waals surface area (Å²) < 4.78 is 6.66. The van der Waals surface area contributed by atoms with Gasteiger partial charge in [0.25, 0.3) is 0 Å². The summed E-state index contributed by atoms with van der Waals surface area (Å²) in [5.74, 6) is -2.07. The van der Waals surface area contributed by atoms with Gasteiger partial charge in [0.15, 0.2) is 0 Å². The number of carbonyl (C=O) groups excluding carboxylic acids is 3. The summed E-state index contributed by atoms with van der Waals surface area (Å²) in [5, 5.41) is 9.61. The molecule has 1 spiro atoms. The van der Waals surface area contributed by atoms with Gasteiger partial charge in [0.1, 0.15) is 11.6 Å². The van der Waals surface area contributed by atoms with E-state index in [0.717, 1.165) is 24.8 Å². The maximum absolute atomic E-state index is 14.3. The molecule has 3 aliphatic rings. The molecule has 1 aromatic carbocycles. The summed E-state index contributed by atoms with van der Waals surface area (Å²) in [6.45, 7) is 11.6. The van der Waals surface area contributed by atoms with Gasteiger partial charge in [-0.25, -0.2) is 0 Å². The van der Waals surface area contributed by atoms with Crippen molar-refractivity contribution in [2.45, 2.75) is 68.1 Å². The molecule has 3 amide bonds. The Balaban J connectivity index is 1.70. The topological polar surface area (TPSA) is 90.4 Å². The van der Waals surface area contributed by atoms with Gasteiger partial charge in [-0.05, 0) is 24.8 Å². The molecular weight excluding hydrogens is 574 g/mol. The number of benzene rings is 1. The Morgan fingerprint density at radius 2 is 1.82 bits per heavy atom. The highest BCUT2D eigenvalue weighted by molar-refractivity contribution is 9.09. The lowest BCUT2D eigenvalue weighted by Crippen LogP contribution is -2.57. The van der Waals surface area contributed by atoms with Crippen molar-refractivity contribution in [3.05, 3.63) is 61.2 Å². The first-order chi connectivity index (χ1) is 19.3. The number of hydrogen-bond acceptors (Lipinski definition) is 5. The quantitative estimate of drug-likeness (QED) is 0.185. The van der Waals surface area contributed by atoms with Crippen molar-refractivity contribution < 1.29 is 24.2 Å². The van der Waals surface area contributed by atoms with E-state index in [-0.39, 0.29) is 35.7 Å². The zero-order chi connectivity index (χ0) is 28.9. The Hall–Kier alpha value is -2.49. The van der Waals surface area contributed by atoms with Crippen LogP contribution in [-0.4, -0.2) is 92.9 Å². The van der Waals surface area contributed by atoms with Gasteiger partial charge < -0.3 is 24.5 Å². The average molecular weight is 617 g/mol. The molecule has 8 nitrogen and oxygen atoms in total. The molecule has 4 rings (SSSR count). The largest absolute Gasteiger partial charge is 0.396 e. The molecule has 2 bridgehead atoms. The maximum Gasteiger partial charge on any atom is 0.248 e. The van der Waals surface area contributed by atoms with Crippen LogP contribution >= 0.6 is 15.9 Å². The van der Waals surface area contributed by atoms with E-state index in [1.807, 2.05) is 30.3 Å². The van der Waals surface area contributed by atoms with Gasteiger partial charge in [-0.1, -0.05) is 78.2 Å². The Bertz CT molecular complexity index is 1080. The molecule has 0 aliphatic carbocycles. The molecule has 3 heterocycles. The van der Waals surface area contributed by atoms with E-state index in [1.54, 1.807) is 26.9 Å². The first kappa shape index (κ1) is 30.5. The highest BCUT2D eigenvalue weighted by Gasteiger charge is 2.76. The number of aliphatic hydroxyl groups is 1. The third kappa shape index (κ3) is 5.65. The molecule has 3 unspecified atom stereocenters. The van der Waals surface area contributed by atoms with Gasteiger partial charge in [-0.15, -0.1) is 13.2 Å². The van der Waals surface area contributed by atoms with Crippen molar-refractivity contribution in [1.29, 1.82) is 0 Å². The van der Waals surface area contributed by atoms with Gasteiger partial charge in [0, 0.05) is 44.2 Å². The first-order valence-electron chi connectivity index (χ1n) is 14.4. The fraction of sp³-hybridized carbons (Fsp3) is 0.581. The van der Waals surface area contributed by atoms with Crippen LogP contribution in [0.3, 0.4) is 0 Å². The number of likely N-dealkylation sites (tertiary alicyclic amines) is 1. The zero-order valence-corrected chi connectivity index (χ0v) is 25.0. The van der Waals surface area contributed by atoms with E-state index in [9.17, 15) is 19.5 Å². The van der Waals surface area contributed by atoms with E-state index >= 15 is 0 Å². The Morgan fingerprint density at radius 3 is 2.48 bits per heavy atom. The van der Waals surface area contributed by atoms with Crippen LogP contribution in [-0.2, 0) is 25.7 Å². The molecule has 0 aromatic heterocycles. The van der Waals surface area contributed by atoms with Crippen LogP contribution in [0.1, 0.15) is 44.6 Å². The summed E-state index contributed by atoms with van der Waals surface area (Å²) in [4.78, 5) is 47.5. The number of carbonyl (C=O) groups is 3. The van der Waals surface area contributed by atoms with E-state index in [2.05, 4.69) is 36.0 Å². The SMILES string of the molecule is C=CCN(CCCCC)C(=O)C1N(CCCO)C(=O)[C@@H]2[C@H](C(=O)N(CC=C)Cc3ccccc3)[C@H]3OC12CC3Br. The number of fused-ring (bicyclic) bond motifs is 1. The molecule has 3 aliphatic heterocycles.